The van der Waals surface area contributed by atoms with Gasteiger partial charge in [-0.3, -0.25) is 4.90 Å². The van der Waals surface area contributed by atoms with Crippen molar-refractivity contribution in [3.05, 3.63) is 58.3 Å². The van der Waals surface area contributed by atoms with Crippen LogP contribution < -0.4 is 5.32 Å². The summed E-state index contributed by atoms with van der Waals surface area (Å²) in [6, 6.07) is 14.0. The third-order valence-corrected chi connectivity index (χ3v) is 5.65. The zero-order chi connectivity index (χ0) is 18.9. The molecule has 0 aliphatic carbocycles. The van der Waals surface area contributed by atoms with Crippen molar-refractivity contribution in [2.75, 3.05) is 46.0 Å². The van der Waals surface area contributed by atoms with Gasteiger partial charge in [-0.2, -0.15) is 0 Å². The molecule has 1 aromatic heterocycles. The number of morpholine rings is 1. The number of rotatable bonds is 8. The molecule has 1 aliphatic rings. The molecular weight excluding hydrogens is 362 g/mol. The van der Waals surface area contributed by atoms with E-state index in [2.05, 4.69) is 21.7 Å². The number of carbonyl (C=O) groups excluding carboxylic acids is 1. The smallest absolute Gasteiger partial charge is 0.317 e. The third kappa shape index (κ3) is 5.77. The fourth-order valence-electron chi connectivity index (χ4n) is 3.25. The van der Waals surface area contributed by atoms with Crippen molar-refractivity contribution in [3.63, 3.8) is 0 Å². The molecule has 1 atom stereocenters. The van der Waals surface area contributed by atoms with Crippen LogP contribution in [0.5, 0.6) is 0 Å². The molecule has 27 heavy (non-hydrogen) atoms. The van der Waals surface area contributed by atoms with E-state index in [1.165, 1.54) is 4.88 Å². The summed E-state index contributed by atoms with van der Waals surface area (Å²) in [7, 11) is 0. The Morgan fingerprint density at radius 3 is 2.67 bits per heavy atom. The van der Waals surface area contributed by atoms with Gasteiger partial charge in [-0.15, -0.1) is 11.3 Å². The molecule has 1 aliphatic heterocycles. The first-order chi connectivity index (χ1) is 13.3. The maximum Gasteiger partial charge on any atom is 0.317 e. The van der Waals surface area contributed by atoms with Gasteiger partial charge in [-0.05, 0) is 17.0 Å². The highest BCUT2D eigenvalue weighted by atomic mass is 32.1. The molecule has 0 bridgehead atoms. The number of hydrogen-bond acceptors (Lipinski definition) is 5. The molecule has 3 rings (SSSR count). The van der Waals surface area contributed by atoms with Gasteiger partial charge in [0, 0.05) is 37.6 Å². The highest BCUT2D eigenvalue weighted by molar-refractivity contribution is 7.10. The first-order valence-electron chi connectivity index (χ1n) is 9.30. The number of aliphatic hydroxyl groups excluding tert-OH is 1. The third-order valence-electron chi connectivity index (χ3n) is 4.68. The minimum absolute atomic E-state index is 0.0575. The lowest BCUT2D eigenvalue weighted by Gasteiger charge is -2.34. The van der Waals surface area contributed by atoms with Crippen molar-refractivity contribution in [2.45, 2.75) is 12.6 Å². The molecule has 1 unspecified atom stereocenters. The average molecular weight is 390 g/mol. The number of nitrogens with one attached hydrogen (secondary N) is 1. The topological polar surface area (TPSA) is 65.0 Å². The van der Waals surface area contributed by atoms with Crippen LogP contribution in [0.15, 0.2) is 47.8 Å². The van der Waals surface area contributed by atoms with Crippen LogP contribution in [-0.4, -0.2) is 66.9 Å². The minimum atomic E-state index is -0.150. The largest absolute Gasteiger partial charge is 0.395 e. The molecule has 0 radical (unpaired) electrons. The average Bonchev–Trinajstić information content (AvgIpc) is 3.24. The van der Waals surface area contributed by atoms with E-state index in [4.69, 9.17) is 4.74 Å². The van der Waals surface area contributed by atoms with E-state index < -0.39 is 0 Å². The molecule has 2 heterocycles. The maximum absolute atomic E-state index is 12.8. The van der Waals surface area contributed by atoms with Gasteiger partial charge in [-0.1, -0.05) is 36.4 Å². The van der Waals surface area contributed by atoms with Crippen molar-refractivity contribution in [1.82, 2.24) is 15.1 Å². The van der Waals surface area contributed by atoms with Gasteiger partial charge in [-0.25, -0.2) is 4.79 Å². The predicted octanol–water partition coefficient (Wildman–Crippen LogP) is 2.33. The fourth-order valence-corrected chi connectivity index (χ4v) is 4.11. The summed E-state index contributed by atoms with van der Waals surface area (Å²) in [6.07, 6.45) is 0. The van der Waals surface area contributed by atoms with Crippen LogP contribution in [0.2, 0.25) is 0 Å². The van der Waals surface area contributed by atoms with Crippen LogP contribution in [-0.2, 0) is 11.3 Å². The van der Waals surface area contributed by atoms with Gasteiger partial charge < -0.3 is 20.1 Å². The Kier molecular flexibility index (Phi) is 7.65. The zero-order valence-electron chi connectivity index (χ0n) is 15.4. The Morgan fingerprint density at radius 1 is 1.22 bits per heavy atom. The summed E-state index contributed by atoms with van der Waals surface area (Å²) in [5.41, 5.74) is 1.05. The van der Waals surface area contributed by atoms with E-state index in [9.17, 15) is 9.90 Å². The molecule has 0 saturated carbocycles. The first kappa shape index (κ1) is 19.8. The van der Waals surface area contributed by atoms with Crippen LogP contribution >= 0.6 is 11.3 Å². The van der Waals surface area contributed by atoms with Crippen LogP contribution in [0.25, 0.3) is 0 Å². The van der Waals surface area contributed by atoms with Gasteiger partial charge in [0.05, 0.1) is 25.9 Å². The molecule has 2 aromatic rings. The molecule has 1 saturated heterocycles. The summed E-state index contributed by atoms with van der Waals surface area (Å²) in [6.45, 7) is 4.44. The molecular formula is C20H27N3O3S. The lowest BCUT2D eigenvalue weighted by molar-refractivity contribution is 0.0171. The molecule has 146 valence electrons. The number of ether oxygens (including phenoxy) is 1. The van der Waals surface area contributed by atoms with Crippen LogP contribution in [0, 0.1) is 0 Å². The van der Waals surface area contributed by atoms with Gasteiger partial charge >= 0.3 is 6.03 Å². The zero-order valence-corrected chi connectivity index (χ0v) is 16.2. The molecule has 2 N–H and O–H groups in total. The molecule has 0 spiro atoms. The lowest BCUT2D eigenvalue weighted by atomic mass is 10.2. The second kappa shape index (κ2) is 10.4. The Bertz CT molecular complexity index is 675. The van der Waals surface area contributed by atoms with E-state index >= 15 is 0 Å². The van der Waals surface area contributed by atoms with Crippen molar-refractivity contribution >= 4 is 17.4 Å². The second-order valence-corrected chi connectivity index (χ2v) is 7.48. The number of nitrogens with zero attached hydrogens (tertiary/aromatic N) is 2. The minimum Gasteiger partial charge on any atom is -0.395 e. The number of urea groups is 1. The van der Waals surface area contributed by atoms with Crippen LogP contribution in [0.4, 0.5) is 4.79 Å². The normalized spacial score (nSPS) is 16.0. The number of benzene rings is 1. The predicted molar refractivity (Wildman–Crippen MR) is 107 cm³/mol. The second-order valence-electron chi connectivity index (χ2n) is 6.50. The Balaban J connectivity index is 1.62. The standard InChI is InChI=1S/C20H27N3O3S/c24-11-8-23(16-17-5-2-1-3-6-17)20(25)21-15-18(19-7-4-14-27-19)22-9-12-26-13-10-22/h1-7,14,18,24H,8-13,15-16H2,(H,21,25). The van der Waals surface area contributed by atoms with Crippen molar-refractivity contribution in [1.29, 1.82) is 0 Å². The number of thiophene rings is 1. The summed E-state index contributed by atoms with van der Waals surface area (Å²) in [5, 5.41) is 14.5. The number of amides is 2. The Hall–Kier alpha value is -1.93. The first-order valence-corrected chi connectivity index (χ1v) is 10.2. The summed E-state index contributed by atoms with van der Waals surface area (Å²) in [4.78, 5) is 18.0. The van der Waals surface area contributed by atoms with Gasteiger partial charge in [0.25, 0.3) is 0 Å². The van der Waals surface area contributed by atoms with E-state index in [1.807, 2.05) is 36.4 Å². The molecule has 2 amide bonds. The van der Waals surface area contributed by atoms with Gasteiger partial charge in [0.2, 0.25) is 0 Å². The fraction of sp³-hybridized carbons (Fsp3) is 0.450. The van der Waals surface area contributed by atoms with Crippen molar-refractivity contribution in [2.24, 2.45) is 0 Å². The van der Waals surface area contributed by atoms with Crippen LogP contribution in [0.3, 0.4) is 0 Å². The van der Waals surface area contributed by atoms with Gasteiger partial charge in [0.1, 0.15) is 0 Å². The molecule has 1 fully saturated rings. The SMILES string of the molecule is O=C(NCC(c1cccs1)N1CCOCC1)N(CCO)Cc1ccccc1. The van der Waals surface area contributed by atoms with E-state index in [0.717, 1.165) is 31.9 Å². The van der Waals surface area contributed by atoms with E-state index in [1.54, 1.807) is 16.2 Å². The lowest BCUT2D eigenvalue weighted by Crippen LogP contribution is -2.47. The Labute approximate surface area is 164 Å². The molecule has 1 aromatic carbocycles. The summed E-state index contributed by atoms with van der Waals surface area (Å²) in [5.74, 6) is 0. The molecule has 7 heteroatoms. The van der Waals surface area contributed by atoms with E-state index in [0.29, 0.717) is 19.6 Å². The number of carbonyl (C=O) groups is 1. The highest BCUT2D eigenvalue weighted by Gasteiger charge is 2.25. The van der Waals surface area contributed by atoms with E-state index in [-0.39, 0.29) is 18.7 Å². The number of aliphatic hydroxyl groups is 1. The monoisotopic (exact) mass is 389 g/mol. The highest BCUT2D eigenvalue weighted by Crippen LogP contribution is 2.25. The maximum atomic E-state index is 12.8. The van der Waals surface area contributed by atoms with Crippen LogP contribution in [0.1, 0.15) is 16.5 Å². The van der Waals surface area contributed by atoms with Gasteiger partial charge in [0.15, 0.2) is 0 Å². The quantitative estimate of drug-likeness (QED) is 0.727. The molecule has 6 nitrogen and oxygen atoms in total. The summed E-state index contributed by atoms with van der Waals surface area (Å²) < 4.78 is 5.47. The van der Waals surface area contributed by atoms with Crippen molar-refractivity contribution in [3.8, 4) is 0 Å². The van der Waals surface area contributed by atoms with Crippen molar-refractivity contribution < 1.29 is 14.6 Å². The Morgan fingerprint density at radius 2 is 2.00 bits per heavy atom. The summed E-state index contributed by atoms with van der Waals surface area (Å²) >= 11 is 1.71. The number of hydrogen-bond donors (Lipinski definition) is 2.